The molecule has 0 unspecified atom stereocenters. The molecular formula is C26H27NO4. The van der Waals surface area contributed by atoms with E-state index in [1.807, 2.05) is 63.2 Å². The number of benzene rings is 3. The molecule has 0 fully saturated rings. The predicted molar refractivity (Wildman–Crippen MR) is 121 cm³/mol. The van der Waals surface area contributed by atoms with Crippen molar-refractivity contribution in [2.24, 2.45) is 0 Å². The molecule has 1 N–H and O–H groups in total. The van der Waals surface area contributed by atoms with Gasteiger partial charge in [0, 0.05) is 5.69 Å². The van der Waals surface area contributed by atoms with Crippen molar-refractivity contribution < 1.29 is 19.1 Å². The molecule has 1 amide bonds. The number of esters is 1. The number of anilines is 1. The summed E-state index contributed by atoms with van der Waals surface area (Å²) in [5, 5.41) is 2.87. The van der Waals surface area contributed by atoms with E-state index in [0.717, 1.165) is 27.9 Å². The Hall–Kier alpha value is -3.60. The molecule has 0 saturated carbocycles. The van der Waals surface area contributed by atoms with Gasteiger partial charge in [0.2, 0.25) is 0 Å². The van der Waals surface area contributed by atoms with Gasteiger partial charge in [-0.25, -0.2) is 4.79 Å². The van der Waals surface area contributed by atoms with Crippen LogP contribution >= 0.6 is 0 Å². The van der Waals surface area contributed by atoms with Crippen molar-refractivity contribution >= 4 is 17.6 Å². The molecular weight excluding hydrogens is 390 g/mol. The number of amides is 1. The van der Waals surface area contributed by atoms with Gasteiger partial charge in [-0.3, -0.25) is 4.79 Å². The quantitative estimate of drug-likeness (QED) is 0.525. The highest BCUT2D eigenvalue weighted by Gasteiger charge is 2.20. The Kier molecular flexibility index (Phi) is 7.08. The zero-order valence-corrected chi connectivity index (χ0v) is 18.3. The molecule has 0 spiro atoms. The van der Waals surface area contributed by atoms with Gasteiger partial charge in [-0.2, -0.15) is 0 Å². The molecule has 5 nitrogen and oxygen atoms in total. The highest BCUT2D eigenvalue weighted by atomic mass is 16.5. The highest BCUT2D eigenvalue weighted by molar-refractivity contribution is 5.98. The summed E-state index contributed by atoms with van der Waals surface area (Å²) in [6, 6.07) is 20.5. The second-order valence-electron chi connectivity index (χ2n) is 7.61. The Bertz CT molecular complexity index is 1040. The highest BCUT2D eigenvalue weighted by Crippen LogP contribution is 2.22. The fourth-order valence-electron chi connectivity index (χ4n) is 3.31. The number of carbonyl (C=O) groups excluding carboxylic acids is 2. The predicted octanol–water partition coefficient (Wildman–Crippen LogP) is 5.37. The third kappa shape index (κ3) is 5.95. The van der Waals surface area contributed by atoms with Crippen molar-refractivity contribution in [1.82, 2.24) is 0 Å². The topological polar surface area (TPSA) is 64.6 Å². The molecule has 0 bridgehead atoms. The van der Waals surface area contributed by atoms with Gasteiger partial charge in [-0.1, -0.05) is 48.0 Å². The Morgan fingerprint density at radius 3 is 2.13 bits per heavy atom. The molecule has 160 valence electrons. The van der Waals surface area contributed by atoms with Crippen LogP contribution in [0.25, 0.3) is 0 Å². The number of ether oxygens (including phenoxy) is 2. The molecule has 0 radical (unpaired) electrons. The number of hydrogen-bond donors (Lipinski definition) is 1. The van der Waals surface area contributed by atoms with Gasteiger partial charge < -0.3 is 14.8 Å². The lowest BCUT2D eigenvalue weighted by atomic mass is 10.0. The van der Waals surface area contributed by atoms with E-state index in [0.29, 0.717) is 17.9 Å². The first-order chi connectivity index (χ1) is 14.8. The standard InChI is InChI=1S/C26H27NO4/c1-17-14-18(2)24(19(3)15-17)27-25(28)20(4)31-26(29)22-10-12-23(13-11-22)30-16-21-8-6-5-7-9-21/h5-15,20H,16H2,1-4H3,(H,27,28)/t20-/m0/s1. The van der Waals surface area contributed by atoms with E-state index in [4.69, 9.17) is 9.47 Å². The van der Waals surface area contributed by atoms with Crippen molar-refractivity contribution in [3.05, 3.63) is 94.5 Å². The third-order valence-corrected chi connectivity index (χ3v) is 4.92. The Balaban J connectivity index is 1.56. The zero-order valence-electron chi connectivity index (χ0n) is 18.3. The van der Waals surface area contributed by atoms with Crippen LogP contribution in [-0.2, 0) is 16.1 Å². The average molecular weight is 418 g/mol. The SMILES string of the molecule is Cc1cc(C)c(NC(=O)[C@H](C)OC(=O)c2ccc(OCc3ccccc3)cc2)c(C)c1. The number of nitrogens with one attached hydrogen (secondary N) is 1. The number of aryl methyl sites for hydroxylation is 3. The van der Waals surface area contributed by atoms with Crippen LogP contribution in [0.5, 0.6) is 5.75 Å². The van der Waals surface area contributed by atoms with Crippen LogP contribution in [-0.4, -0.2) is 18.0 Å². The maximum atomic E-state index is 12.5. The largest absolute Gasteiger partial charge is 0.489 e. The molecule has 3 aromatic carbocycles. The zero-order chi connectivity index (χ0) is 22.4. The van der Waals surface area contributed by atoms with Gasteiger partial charge in [0.25, 0.3) is 5.91 Å². The number of carbonyl (C=O) groups is 2. The summed E-state index contributed by atoms with van der Waals surface area (Å²) in [6.45, 7) is 7.89. The van der Waals surface area contributed by atoms with E-state index in [1.54, 1.807) is 31.2 Å². The Labute approximate surface area is 183 Å². The minimum atomic E-state index is -0.929. The normalized spacial score (nSPS) is 11.5. The summed E-state index contributed by atoms with van der Waals surface area (Å²) < 4.78 is 11.1. The van der Waals surface area contributed by atoms with Crippen molar-refractivity contribution in [3.8, 4) is 5.75 Å². The molecule has 3 rings (SSSR count). The molecule has 0 aliphatic rings. The first-order valence-corrected chi connectivity index (χ1v) is 10.2. The van der Waals surface area contributed by atoms with Crippen LogP contribution in [0, 0.1) is 20.8 Å². The molecule has 31 heavy (non-hydrogen) atoms. The third-order valence-electron chi connectivity index (χ3n) is 4.92. The second kappa shape index (κ2) is 9.94. The lowest BCUT2D eigenvalue weighted by Crippen LogP contribution is -2.30. The van der Waals surface area contributed by atoms with E-state index in [2.05, 4.69) is 5.32 Å². The molecule has 0 aliphatic heterocycles. The molecule has 0 heterocycles. The molecule has 3 aromatic rings. The first-order valence-electron chi connectivity index (χ1n) is 10.2. The van der Waals surface area contributed by atoms with Crippen LogP contribution in [0.3, 0.4) is 0 Å². The van der Waals surface area contributed by atoms with Gasteiger partial charge in [-0.05, 0) is 68.7 Å². The molecule has 0 aromatic heterocycles. The first kappa shape index (κ1) is 22.1. The molecule has 0 aliphatic carbocycles. The van der Waals surface area contributed by atoms with Crippen LogP contribution in [0.2, 0.25) is 0 Å². The maximum absolute atomic E-state index is 12.5. The van der Waals surface area contributed by atoms with Crippen LogP contribution in [0.15, 0.2) is 66.7 Å². The van der Waals surface area contributed by atoms with Gasteiger partial charge in [0.1, 0.15) is 12.4 Å². The van der Waals surface area contributed by atoms with Crippen LogP contribution in [0.4, 0.5) is 5.69 Å². The summed E-state index contributed by atoms with van der Waals surface area (Å²) in [5.41, 5.74) is 5.23. The van der Waals surface area contributed by atoms with Crippen molar-refractivity contribution in [1.29, 1.82) is 0 Å². The molecule has 5 heteroatoms. The van der Waals surface area contributed by atoms with Gasteiger partial charge >= 0.3 is 5.97 Å². The fourth-order valence-corrected chi connectivity index (χ4v) is 3.31. The minimum Gasteiger partial charge on any atom is -0.489 e. The van der Waals surface area contributed by atoms with Gasteiger partial charge in [0.05, 0.1) is 5.56 Å². The van der Waals surface area contributed by atoms with E-state index in [-0.39, 0.29) is 5.91 Å². The lowest BCUT2D eigenvalue weighted by Gasteiger charge is -2.17. The number of hydrogen-bond acceptors (Lipinski definition) is 4. The summed E-state index contributed by atoms with van der Waals surface area (Å²) in [4.78, 5) is 25.0. The van der Waals surface area contributed by atoms with Gasteiger partial charge in [-0.15, -0.1) is 0 Å². The monoisotopic (exact) mass is 417 g/mol. The average Bonchev–Trinajstić information content (AvgIpc) is 2.75. The minimum absolute atomic E-state index is 0.356. The summed E-state index contributed by atoms with van der Waals surface area (Å²) in [6.07, 6.45) is -0.929. The second-order valence-corrected chi connectivity index (χ2v) is 7.61. The maximum Gasteiger partial charge on any atom is 0.338 e. The van der Waals surface area contributed by atoms with E-state index >= 15 is 0 Å². The van der Waals surface area contributed by atoms with Crippen LogP contribution in [0.1, 0.15) is 39.5 Å². The van der Waals surface area contributed by atoms with Crippen LogP contribution < -0.4 is 10.1 Å². The van der Waals surface area contributed by atoms with E-state index in [9.17, 15) is 9.59 Å². The van der Waals surface area contributed by atoms with Crippen molar-refractivity contribution in [2.45, 2.75) is 40.4 Å². The van der Waals surface area contributed by atoms with Gasteiger partial charge in [0.15, 0.2) is 6.10 Å². The van der Waals surface area contributed by atoms with Crippen molar-refractivity contribution in [3.63, 3.8) is 0 Å². The lowest BCUT2D eigenvalue weighted by molar-refractivity contribution is -0.123. The van der Waals surface area contributed by atoms with E-state index in [1.165, 1.54) is 0 Å². The number of rotatable bonds is 7. The molecule has 1 atom stereocenters. The van der Waals surface area contributed by atoms with E-state index < -0.39 is 12.1 Å². The molecule has 0 saturated heterocycles. The summed E-state index contributed by atoms with van der Waals surface area (Å²) >= 11 is 0. The van der Waals surface area contributed by atoms with Crippen molar-refractivity contribution in [2.75, 3.05) is 5.32 Å². The fraction of sp³-hybridized carbons (Fsp3) is 0.231. The Morgan fingerprint density at radius 2 is 1.52 bits per heavy atom. The smallest absolute Gasteiger partial charge is 0.338 e. The summed E-state index contributed by atoms with van der Waals surface area (Å²) in [5.74, 6) is -0.280. The Morgan fingerprint density at radius 1 is 0.903 bits per heavy atom. The summed E-state index contributed by atoms with van der Waals surface area (Å²) in [7, 11) is 0.